The molecule has 0 atom stereocenters. The Morgan fingerprint density at radius 1 is 0.591 bits per heavy atom. The van der Waals surface area contributed by atoms with Crippen molar-refractivity contribution in [3.63, 3.8) is 0 Å². The van der Waals surface area contributed by atoms with Crippen LogP contribution < -0.4 is 0 Å². The number of aryl methyl sites for hydroxylation is 2. The maximum atomic E-state index is 3.62. The van der Waals surface area contributed by atoms with Gasteiger partial charge in [-0.05, 0) is 59.1 Å². The minimum atomic E-state index is 0.109. The summed E-state index contributed by atoms with van der Waals surface area (Å²) in [5.74, 6) is 0. The molecule has 0 aromatic heterocycles. The SMILES string of the molecule is Cc1cc(-c2[c]c(C(C)(C)C)cc(C)c2)[c]c(C(C)(C)C)c1. The zero-order valence-electron chi connectivity index (χ0n) is 15.3. The highest BCUT2D eigenvalue weighted by Crippen LogP contribution is 2.31. The summed E-state index contributed by atoms with van der Waals surface area (Å²) in [6.07, 6.45) is 0. The van der Waals surface area contributed by atoms with Crippen molar-refractivity contribution in [1.29, 1.82) is 0 Å². The minimum absolute atomic E-state index is 0.109. The molecule has 0 N–H and O–H groups in total. The molecule has 0 aliphatic carbocycles. The van der Waals surface area contributed by atoms with E-state index in [2.05, 4.69) is 91.8 Å². The zero-order valence-corrected chi connectivity index (χ0v) is 15.3. The molecule has 0 unspecified atom stereocenters. The van der Waals surface area contributed by atoms with Crippen LogP contribution in [-0.2, 0) is 10.8 Å². The topological polar surface area (TPSA) is 0 Å². The average Bonchev–Trinajstić information content (AvgIpc) is 2.35. The third-order valence-electron chi connectivity index (χ3n) is 3.93. The summed E-state index contributed by atoms with van der Waals surface area (Å²) in [5, 5.41) is 0. The molecule has 2 aromatic carbocycles. The first-order valence-corrected chi connectivity index (χ1v) is 8.06. The zero-order chi connectivity index (χ0) is 16.7. The minimum Gasteiger partial charge on any atom is -0.0561 e. The molecule has 0 fully saturated rings. The van der Waals surface area contributed by atoms with Gasteiger partial charge in [0.25, 0.3) is 0 Å². The molecular weight excluding hydrogens is 264 g/mol. The largest absolute Gasteiger partial charge is 0.0561 e. The van der Waals surface area contributed by atoms with Gasteiger partial charge in [-0.25, -0.2) is 0 Å². The van der Waals surface area contributed by atoms with E-state index < -0.39 is 0 Å². The lowest BCUT2D eigenvalue weighted by Gasteiger charge is -2.22. The molecule has 2 radical (unpaired) electrons. The second-order valence-electron chi connectivity index (χ2n) is 8.47. The first-order valence-electron chi connectivity index (χ1n) is 8.06. The van der Waals surface area contributed by atoms with E-state index in [-0.39, 0.29) is 10.8 Å². The van der Waals surface area contributed by atoms with Crippen molar-refractivity contribution >= 4 is 0 Å². The van der Waals surface area contributed by atoms with Crippen LogP contribution in [0.4, 0.5) is 0 Å². The molecule has 0 heteroatoms. The Balaban J connectivity index is 2.62. The van der Waals surface area contributed by atoms with Gasteiger partial charge in [-0.1, -0.05) is 76.9 Å². The van der Waals surface area contributed by atoms with E-state index >= 15 is 0 Å². The molecule has 0 heterocycles. The van der Waals surface area contributed by atoms with E-state index in [0.717, 1.165) is 11.1 Å². The molecular formula is C22H28. The summed E-state index contributed by atoms with van der Waals surface area (Å²) in [7, 11) is 0. The van der Waals surface area contributed by atoms with E-state index in [1.54, 1.807) is 0 Å². The fourth-order valence-electron chi connectivity index (χ4n) is 2.53. The fourth-order valence-corrected chi connectivity index (χ4v) is 2.53. The summed E-state index contributed by atoms with van der Waals surface area (Å²) in [6.45, 7) is 17.8. The Hall–Kier alpha value is -1.56. The number of rotatable bonds is 1. The summed E-state index contributed by atoms with van der Waals surface area (Å²) in [5.41, 5.74) is 7.61. The second kappa shape index (κ2) is 5.57. The molecule has 2 rings (SSSR count). The van der Waals surface area contributed by atoms with Crippen molar-refractivity contribution in [2.24, 2.45) is 0 Å². The molecule has 0 aliphatic heterocycles. The molecule has 0 spiro atoms. The normalized spacial score (nSPS) is 12.5. The summed E-state index contributed by atoms with van der Waals surface area (Å²) in [4.78, 5) is 0. The van der Waals surface area contributed by atoms with Gasteiger partial charge in [0.2, 0.25) is 0 Å². The Kier molecular flexibility index (Phi) is 4.26. The smallest absolute Gasteiger partial charge is 0.00583 e. The Labute approximate surface area is 136 Å². The highest BCUT2D eigenvalue weighted by molar-refractivity contribution is 5.66. The van der Waals surface area contributed by atoms with Gasteiger partial charge in [0.05, 0.1) is 0 Å². The van der Waals surface area contributed by atoms with Gasteiger partial charge in [-0.15, -0.1) is 0 Å². The second-order valence-corrected chi connectivity index (χ2v) is 8.47. The van der Waals surface area contributed by atoms with Gasteiger partial charge >= 0.3 is 0 Å². The summed E-state index contributed by atoms with van der Waals surface area (Å²) in [6, 6.07) is 16.1. The van der Waals surface area contributed by atoms with Gasteiger partial charge in [0, 0.05) is 0 Å². The quantitative estimate of drug-likeness (QED) is 0.590. The number of hydrogen-bond acceptors (Lipinski definition) is 0. The van der Waals surface area contributed by atoms with Crippen LogP contribution in [0, 0.1) is 26.0 Å². The lowest BCUT2D eigenvalue weighted by molar-refractivity contribution is 0.587. The van der Waals surface area contributed by atoms with E-state index in [9.17, 15) is 0 Å². The van der Waals surface area contributed by atoms with Crippen LogP contribution in [0.5, 0.6) is 0 Å². The average molecular weight is 292 g/mol. The monoisotopic (exact) mass is 292 g/mol. The highest BCUT2D eigenvalue weighted by atomic mass is 14.2. The maximum Gasteiger partial charge on any atom is -0.00583 e. The van der Waals surface area contributed by atoms with Gasteiger partial charge in [0.1, 0.15) is 0 Å². The third kappa shape index (κ3) is 3.80. The van der Waals surface area contributed by atoms with Gasteiger partial charge < -0.3 is 0 Å². The summed E-state index contributed by atoms with van der Waals surface area (Å²) < 4.78 is 0. The van der Waals surface area contributed by atoms with E-state index in [1.165, 1.54) is 22.3 Å². The van der Waals surface area contributed by atoms with Crippen molar-refractivity contribution < 1.29 is 0 Å². The number of hydrogen-bond donors (Lipinski definition) is 0. The third-order valence-corrected chi connectivity index (χ3v) is 3.93. The van der Waals surface area contributed by atoms with Crippen LogP contribution in [0.25, 0.3) is 11.1 Å². The van der Waals surface area contributed by atoms with Crippen molar-refractivity contribution in [2.75, 3.05) is 0 Å². The van der Waals surface area contributed by atoms with Crippen molar-refractivity contribution in [3.8, 4) is 11.1 Å². The van der Waals surface area contributed by atoms with E-state index in [4.69, 9.17) is 0 Å². The van der Waals surface area contributed by atoms with Gasteiger partial charge in [-0.3, -0.25) is 0 Å². The highest BCUT2D eigenvalue weighted by Gasteiger charge is 2.18. The molecule has 0 saturated heterocycles. The first kappa shape index (κ1) is 16.8. The lowest BCUT2D eigenvalue weighted by atomic mass is 9.82. The van der Waals surface area contributed by atoms with Crippen LogP contribution in [-0.4, -0.2) is 0 Å². The molecule has 0 saturated carbocycles. The van der Waals surface area contributed by atoms with Crippen LogP contribution in [0.1, 0.15) is 63.8 Å². The molecule has 116 valence electrons. The van der Waals surface area contributed by atoms with Crippen LogP contribution in [0.2, 0.25) is 0 Å². The first-order chi connectivity index (χ1) is 9.96. The van der Waals surface area contributed by atoms with Crippen LogP contribution in [0.3, 0.4) is 0 Å². The summed E-state index contributed by atoms with van der Waals surface area (Å²) >= 11 is 0. The Morgan fingerprint density at radius 3 is 1.18 bits per heavy atom. The molecule has 0 aliphatic rings. The van der Waals surface area contributed by atoms with Crippen LogP contribution in [0.15, 0.2) is 24.3 Å². The van der Waals surface area contributed by atoms with E-state index in [0.29, 0.717) is 0 Å². The van der Waals surface area contributed by atoms with Crippen molar-refractivity contribution in [2.45, 2.75) is 66.2 Å². The Bertz CT molecular complexity index is 615. The predicted octanol–water partition coefficient (Wildman–Crippen LogP) is 6.17. The maximum absolute atomic E-state index is 3.62. The fraction of sp³-hybridized carbons (Fsp3) is 0.455. The lowest BCUT2D eigenvalue weighted by Crippen LogP contribution is -2.13. The predicted molar refractivity (Wildman–Crippen MR) is 96.4 cm³/mol. The van der Waals surface area contributed by atoms with Crippen LogP contribution >= 0.6 is 0 Å². The molecule has 22 heavy (non-hydrogen) atoms. The van der Waals surface area contributed by atoms with E-state index in [1.807, 2.05) is 0 Å². The van der Waals surface area contributed by atoms with Gasteiger partial charge in [-0.2, -0.15) is 0 Å². The molecule has 2 aromatic rings. The number of benzene rings is 2. The molecule has 0 bridgehead atoms. The molecule has 0 amide bonds. The van der Waals surface area contributed by atoms with Crippen molar-refractivity contribution in [1.82, 2.24) is 0 Å². The van der Waals surface area contributed by atoms with Gasteiger partial charge in [0.15, 0.2) is 0 Å². The standard InChI is InChI=1S/C22H28/c1-15-9-17(13-19(11-15)21(3,4)5)18-10-16(2)12-20(14-18)22(6,7)8/h9-12H,1-8H3. The molecule has 0 nitrogen and oxygen atoms in total. The Morgan fingerprint density at radius 2 is 0.909 bits per heavy atom. The van der Waals surface area contributed by atoms with Crippen molar-refractivity contribution in [3.05, 3.63) is 58.7 Å².